The fourth-order valence-electron chi connectivity index (χ4n) is 2.32. The summed E-state index contributed by atoms with van der Waals surface area (Å²) in [4.78, 5) is 34.8. The third kappa shape index (κ3) is 1.83. The number of nitrogen functional groups attached to an aromatic ring is 1. The highest BCUT2D eigenvalue weighted by atomic mass is 16.2. The molecule has 7 nitrogen and oxygen atoms in total. The molecule has 1 saturated heterocycles. The van der Waals surface area contributed by atoms with E-state index in [4.69, 9.17) is 5.73 Å². The van der Waals surface area contributed by atoms with Gasteiger partial charge in [-0.1, -0.05) is 0 Å². The van der Waals surface area contributed by atoms with E-state index < -0.39 is 10.9 Å². The molecule has 2 N–H and O–H groups in total. The van der Waals surface area contributed by atoms with Gasteiger partial charge in [-0.15, -0.1) is 0 Å². The smallest absolute Gasteiger partial charge is 0.253 e. The van der Waals surface area contributed by atoms with Crippen LogP contribution >= 0.6 is 0 Å². The zero-order valence-electron chi connectivity index (χ0n) is 10.2. The molecule has 0 spiro atoms. The minimum absolute atomic E-state index is 0.0953. The van der Waals surface area contributed by atoms with Crippen molar-refractivity contribution in [2.45, 2.75) is 0 Å². The molecule has 0 unspecified atom stereocenters. The SMILES string of the molecule is Nc1c(N2CCN(c3cnccn3)CC2)c(=O)c1=O. The van der Waals surface area contributed by atoms with E-state index in [2.05, 4.69) is 14.9 Å². The second-order valence-corrected chi connectivity index (χ2v) is 4.46. The van der Waals surface area contributed by atoms with E-state index >= 15 is 0 Å². The number of nitrogens with zero attached hydrogens (tertiary/aromatic N) is 4. The monoisotopic (exact) mass is 259 g/mol. The number of piperazine rings is 1. The molecule has 1 aliphatic heterocycles. The lowest BCUT2D eigenvalue weighted by Gasteiger charge is -2.36. The minimum Gasteiger partial charge on any atom is -0.394 e. The molecule has 19 heavy (non-hydrogen) atoms. The van der Waals surface area contributed by atoms with Crippen LogP contribution in [0.15, 0.2) is 28.2 Å². The Morgan fingerprint density at radius 2 is 1.68 bits per heavy atom. The van der Waals surface area contributed by atoms with Crippen molar-refractivity contribution in [3.05, 3.63) is 39.0 Å². The van der Waals surface area contributed by atoms with E-state index in [1.54, 1.807) is 18.6 Å². The number of hydrogen-bond acceptors (Lipinski definition) is 7. The molecule has 2 heterocycles. The van der Waals surface area contributed by atoms with E-state index in [0.717, 1.165) is 18.9 Å². The molecule has 7 heteroatoms. The van der Waals surface area contributed by atoms with Gasteiger partial charge in [0.25, 0.3) is 10.9 Å². The first kappa shape index (κ1) is 11.6. The van der Waals surface area contributed by atoms with E-state index in [1.165, 1.54) is 0 Å². The topological polar surface area (TPSA) is 92.4 Å². The van der Waals surface area contributed by atoms with E-state index in [9.17, 15) is 9.59 Å². The quantitative estimate of drug-likeness (QED) is 0.690. The molecule has 0 bridgehead atoms. The van der Waals surface area contributed by atoms with Crippen molar-refractivity contribution < 1.29 is 0 Å². The largest absolute Gasteiger partial charge is 0.394 e. The van der Waals surface area contributed by atoms with Crippen LogP contribution < -0.4 is 26.4 Å². The van der Waals surface area contributed by atoms with Crippen LogP contribution in [0.5, 0.6) is 0 Å². The van der Waals surface area contributed by atoms with Gasteiger partial charge in [0.05, 0.1) is 6.20 Å². The van der Waals surface area contributed by atoms with Crippen molar-refractivity contribution in [3.8, 4) is 0 Å². The van der Waals surface area contributed by atoms with Crippen molar-refractivity contribution in [1.29, 1.82) is 0 Å². The van der Waals surface area contributed by atoms with Crippen molar-refractivity contribution in [2.24, 2.45) is 0 Å². The van der Waals surface area contributed by atoms with Crippen LogP contribution in [0, 0.1) is 0 Å². The Hall–Kier alpha value is -2.44. The summed E-state index contributed by atoms with van der Waals surface area (Å²) in [5, 5.41) is 0. The Labute approximate surface area is 109 Å². The van der Waals surface area contributed by atoms with Crippen LogP contribution in [0.4, 0.5) is 17.2 Å². The summed E-state index contributed by atoms with van der Waals surface area (Å²) in [6.07, 6.45) is 4.99. The van der Waals surface area contributed by atoms with E-state index in [0.29, 0.717) is 18.8 Å². The maximum absolute atomic E-state index is 11.5. The van der Waals surface area contributed by atoms with E-state index in [-0.39, 0.29) is 5.69 Å². The number of rotatable bonds is 2. The summed E-state index contributed by atoms with van der Waals surface area (Å²) in [5.74, 6) is 0.820. The van der Waals surface area contributed by atoms with Crippen LogP contribution in [0.1, 0.15) is 0 Å². The van der Waals surface area contributed by atoms with Gasteiger partial charge in [0, 0.05) is 38.6 Å². The maximum Gasteiger partial charge on any atom is 0.253 e. The molecule has 1 fully saturated rings. The fraction of sp³-hybridized carbons (Fsp3) is 0.333. The molecule has 2 aromatic rings. The lowest BCUT2D eigenvalue weighted by molar-refractivity contribution is 0.644. The number of anilines is 3. The summed E-state index contributed by atoms with van der Waals surface area (Å²) < 4.78 is 0. The van der Waals surface area contributed by atoms with Crippen LogP contribution in [0.25, 0.3) is 0 Å². The van der Waals surface area contributed by atoms with Gasteiger partial charge in [-0.05, 0) is 0 Å². The Balaban J connectivity index is 1.71. The van der Waals surface area contributed by atoms with Gasteiger partial charge in [0.15, 0.2) is 0 Å². The highest BCUT2D eigenvalue weighted by Crippen LogP contribution is 2.20. The lowest BCUT2D eigenvalue weighted by atomic mass is 10.1. The molecule has 1 aliphatic rings. The summed E-state index contributed by atoms with van der Waals surface area (Å²) in [6, 6.07) is 0. The standard InChI is InChI=1S/C12H13N5O2/c13-9-10(12(19)11(9)18)17-5-3-16(4-6-17)8-7-14-1-2-15-8/h1-2,7H,3-6,13H2. The highest BCUT2D eigenvalue weighted by molar-refractivity contribution is 5.73. The molecule has 0 saturated carbocycles. The van der Waals surface area contributed by atoms with Gasteiger partial charge in [-0.25, -0.2) is 4.98 Å². The molecule has 0 atom stereocenters. The summed E-state index contributed by atoms with van der Waals surface area (Å²) >= 11 is 0. The predicted octanol–water partition coefficient (Wildman–Crippen LogP) is -1.02. The van der Waals surface area contributed by atoms with Crippen LogP contribution in [-0.4, -0.2) is 36.1 Å². The second-order valence-electron chi connectivity index (χ2n) is 4.46. The van der Waals surface area contributed by atoms with Gasteiger partial charge >= 0.3 is 0 Å². The Kier molecular flexibility index (Phi) is 2.66. The third-order valence-electron chi connectivity index (χ3n) is 3.39. The van der Waals surface area contributed by atoms with Gasteiger partial charge in [0.1, 0.15) is 17.2 Å². The summed E-state index contributed by atoms with van der Waals surface area (Å²) in [6.45, 7) is 2.73. The first-order chi connectivity index (χ1) is 9.18. The van der Waals surface area contributed by atoms with E-state index in [1.807, 2.05) is 4.90 Å². The van der Waals surface area contributed by atoms with Crippen LogP contribution in [-0.2, 0) is 0 Å². The zero-order chi connectivity index (χ0) is 13.4. The molecule has 1 aromatic heterocycles. The number of nitrogens with two attached hydrogens (primary N) is 1. The maximum atomic E-state index is 11.5. The second kappa shape index (κ2) is 4.34. The normalized spacial score (nSPS) is 16.0. The summed E-state index contributed by atoms with van der Waals surface area (Å²) in [7, 11) is 0. The van der Waals surface area contributed by atoms with Crippen LogP contribution in [0.2, 0.25) is 0 Å². The molecular formula is C12H13N5O2. The Morgan fingerprint density at radius 1 is 1.00 bits per heavy atom. The predicted molar refractivity (Wildman–Crippen MR) is 72.2 cm³/mol. The molecule has 1 aromatic carbocycles. The fourth-order valence-corrected chi connectivity index (χ4v) is 2.32. The lowest BCUT2D eigenvalue weighted by Crippen LogP contribution is -2.51. The molecule has 0 radical (unpaired) electrons. The Morgan fingerprint density at radius 3 is 2.26 bits per heavy atom. The van der Waals surface area contributed by atoms with Gasteiger partial charge < -0.3 is 15.5 Å². The molecule has 0 amide bonds. The van der Waals surface area contributed by atoms with Gasteiger partial charge in [-0.3, -0.25) is 14.6 Å². The number of hydrogen-bond donors (Lipinski definition) is 1. The molecular weight excluding hydrogens is 246 g/mol. The minimum atomic E-state index is -0.564. The molecule has 3 rings (SSSR count). The molecule has 98 valence electrons. The summed E-state index contributed by atoms with van der Waals surface area (Å²) in [5.41, 5.74) is 5.01. The van der Waals surface area contributed by atoms with Crippen molar-refractivity contribution in [1.82, 2.24) is 9.97 Å². The first-order valence-electron chi connectivity index (χ1n) is 6.03. The van der Waals surface area contributed by atoms with Crippen molar-refractivity contribution in [3.63, 3.8) is 0 Å². The average molecular weight is 259 g/mol. The zero-order valence-corrected chi connectivity index (χ0v) is 10.2. The highest BCUT2D eigenvalue weighted by Gasteiger charge is 2.27. The first-order valence-corrected chi connectivity index (χ1v) is 6.03. The Bertz CT molecular complexity index is 654. The van der Waals surface area contributed by atoms with Crippen molar-refractivity contribution in [2.75, 3.05) is 41.7 Å². The third-order valence-corrected chi connectivity index (χ3v) is 3.39. The van der Waals surface area contributed by atoms with Gasteiger partial charge in [-0.2, -0.15) is 0 Å². The van der Waals surface area contributed by atoms with Crippen LogP contribution in [0.3, 0.4) is 0 Å². The van der Waals surface area contributed by atoms with Gasteiger partial charge in [0.2, 0.25) is 0 Å². The molecule has 0 aliphatic carbocycles. The average Bonchev–Trinajstić information content (AvgIpc) is 2.49. The van der Waals surface area contributed by atoms with Crippen molar-refractivity contribution >= 4 is 17.2 Å². The number of aromatic nitrogens is 2.